The van der Waals surface area contributed by atoms with Gasteiger partial charge < -0.3 is 9.30 Å². The first-order valence-electron chi connectivity index (χ1n) is 10.9. The predicted octanol–water partition coefficient (Wildman–Crippen LogP) is 2.71. The molecule has 33 heavy (non-hydrogen) atoms. The number of fused-ring (bicyclic) bond motifs is 2. The average Bonchev–Trinajstić information content (AvgIpc) is 3.67. The first-order valence-corrected chi connectivity index (χ1v) is 10.9. The molecule has 0 N–H and O–H groups in total. The summed E-state index contributed by atoms with van der Waals surface area (Å²) in [6.45, 7) is 2.13. The molecular weight excluding hydrogens is 420 g/mol. The minimum absolute atomic E-state index is 0.0732. The van der Waals surface area contributed by atoms with Crippen LogP contribution in [0.1, 0.15) is 35.7 Å². The summed E-state index contributed by atoms with van der Waals surface area (Å²) in [5.41, 5.74) is 1.64. The number of amides is 1. The van der Waals surface area contributed by atoms with Crippen molar-refractivity contribution < 1.29 is 14.3 Å². The van der Waals surface area contributed by atoms with Crippen LogP contribution in [0.25, 0.3) is 16.7 Å². The zero-order valence-electron chi connectivity index (χ0n) is 18.1. The fraction of sp³-hybridized carbons (Fsp3) is 0.240. The first kappa shape index (κ1) is 20.8. The van der Waals surface area contributed by atoms with E-state index in [1.807, 2.05) is 30.3 Å². The van der Waals surface area contributed by atoms with Crippen LogP contribution < -0.4 is 11.0 Å². The van der Waals surface area contributed by atoms with Crippen molar-refractivity contribution in [2.24, 2.45) is 10.9 Å². The number of ether oxygens (including phenoxy) is 1. The van der Waals surface area contributed by atoms with E-state index in [0.29, 0.717) is 11.3 Å². The maximum Gasteiger partial charge on any atom is 0.341 e. The second-order valence-electron chi connectivity index (χ2n) is 7.98. The highest BCUT2D eigenvalue weighted by Gasteiger charge is 2.30. The average molecular weight is 442 g/mol. The monoisotopic (exact) mass is 442 g/mol. The van der Waals surface area contributed by atoms with Gasteiger partial charge in [0.05, 0.1) is 18.5 Å². The summed E-state index contributed by atoms with van der Waals surface area (Å²) in [7, 11) is 0. The van der Waals surface area contributed by atoms with E-state index < -0.39 is 5.97 Å². The lowest BCUT2D eigenvalue weighted by atomic mass is 10.1. The molecule has 0 unspecified atom stereocenters. The smallest absolute Gasteiger partial charge is 0.341 e. The third kappa shape index (κ3) is 3.95. The van der Waals surface area contributed by atoms with Gasteiger partial charge in [0.2, 0.25) is 0 Å². The first-order chi connectivity index (χ1) is 16.1. The Labute approximate surface area is 188 Å². The molecular formula is C25H22N4O4. The molecule has 4 aromatic rings. The third-order valence-corrected chi connectivity index (χ3v) is 5.61. The summed E-state index contributed by atoms with van der Waals surface area (Å²) < 4.78 is 8.35. The van der Waals surface area contributed by atoms with Crippen molar-refractivity contribution in [3.8, 4) is 0 Å². The van der Waals surface area contributed by atoms with Crippen LogP contribution in [-0.4, -0.2) is 32.4 Å². The van der Waals surface area contributed by atoms with Crippen LogP contribution >= 0.6 is 0 Å². The molecule has 0 atom stereocenters. The molecule has 0 spiro atoms. The molecule has 3 aromatic heterocycles. The second kappa shape index (κ2) is 8.46. The van der Waals surface area contributed by atoms with E-state index in [0.717, 1.165) is 18.4 Å². The van der Waals surface area contributed by atoms with Crippen molar-refractivity contribution in [1.82, 2.24) is 14.0 Å². The molecule has 5 rings (SSSR count). The van der Waals surface area contributed by atoms with Crippen LogP contribution in [-0.2, 0) is 16.1 Å². The second-order valence-corrected chi connectivity index (χ2v) is 7.98. The van der Waals surface area contributed by atoms with Gasteiger partial charge >= 0.3 is 5.97 Å². The van der Waals surface area contributed by atoms with E-state index in [9.17, 15) is 14.4 Å². The number of hydrogen-bond acceptors (Lipinski definition) is 5. The Morgan fingerprint density at radius 2 is 1.88 bits per heavy atom. The zero-order chi connectivity index (χ0) is 22.9. The van der Waals surface area contributed by atoms with E-state index in [4.69, 9.17) is 9.72 Å². The highest BCUT2D eigenvalue weighted by atomic mass is 16.5. The normalized spacial score (nSPS) is 14.0. The quantitative estimate of drug-likeness (QED) is 0.350. The van der Waals surface area contributed by atoms with E-state index in [-0.39, 0.29) is 47.0 Å². The molecule has 1 fully saturated rings. The van der Waals surface area contributed by atoms with Gasteiger partial charge in [0.1, 0.15) is 16.9 Å². The SMILES string of the molecule is CCOC(=O)c1cc2c(=O)n3ccccc3nc2n(Cc2ccccc2)c1=NC(=O)C1CC1. The largest absolute Gasteiger partial charge is 0.462 e. The molecule has 1 amide bonds. The van der Waals surface area contributed by atoms with Gasteiger partial charge in [-0.05, 0) is 43.5 Å². The Morgan fingerprint density at radius 3 is 2.61 bits per heavy atom. The summed E-state index contributed by atoms with van der Waals surface area (Å²) in [5.74, 6) is -1.04. The molecule has 1 saturated carbocycles. The van der Waals surface area contributed by atoms with Gasteiger partial charge in [-0.1, -0.05) is 36.4 Å². The molecule has 1 aliphatic carbocycles. The number of benzene rings is 1. The highest BCUT2D eigenvalue weighted by Crippen LogP contribution is 2.30. The van der Waals surface area contributed by atoms with Gasteiger partial charge in [0.25, 0.3) is 11.5 Å². The molecule has 1 aromatic carbocycles. The van der Waals surface area contributed by atoms with Crippen LogP contribution in [0.5, 0.6) is 0 Å². The van der Waals surface area contributed by atoms with Crippen molar-refractivity contribution in [2.45, 2.75) is 26.3 Å². The Morgan fingerprint density at radius 1 is 1.12 bits per heavy atom. The summed E-state index contributed by atoms with van der Waals surface area (Å²) in [6, 6.07) is 16.3. The molecule has 8 heteroatoms. The van der Waals surface area contributed by atoms with Gasteiger partial charge in [-0.25, -0.2) is 9.78 Å². The lowest BCUT2D eigenvalue weighted by Gasteiger charge is -2.15. The van der Waals surface area contributed by atoms with Crippen LogP contribution in [0.15, 0.2) is 70.6 Å². The molecule has 0 aliphatic heterocycles. The number of rotatable bonds is 5. The summed E-state index contributed by atoms with van der Waals surface area (Å²) in [4.78, 5) is 48.0. The topological polar surface area (TPSA) is 95.0 Å². The summed E-state index contributed by atoms with van der Waals surface area (Å²) in [5, 5.41) is 0.246. The van der Waals surface area contributed by atoms with Gasteiger partial charge in [-0.15, -0.1) is 0 Å². The minimum atomic E-state index is -0.638. The van der Waals surface area contributed by atoms with Crippen molar-refractivity contribution in [1.29, 1.82) is 0 Å². The highest BCUT2D eigenvalue weighted by molar-refractivity contribution is 5.94. The number of aromatic nitrogens is 3. The number of carbonyl (C=O) groups is 2. The number of pyridine rings is 2. The number of nitrogens with zero attached hydrogens (tertiary/aromatic N) is 4. The van der Waals surface area contributed by atoms with Crippen molar-refractivity contribution in [3.63, 3.8) is 0 Å². The number of hydrogen-bond donors (Lipinski definition) is 0. The standard InChI is InChI=1S/C25H22N4O4/c1-2-33-25(32)19-14-18-21(26-20-10-6-7-13-28(20)24(18)31)29(15-16-8-4-3-5-9-16)22(19)27-23(30)17-11-12-17/h3-10,13-14,17H,2,11-12,15H2,1H3. The van der Waals surface area contributed by atoms with Crippen molar-refractivity contribution >= 4 is 28.6 Å². The predicted molar refractivity (Wildman–Crippen MR) is 122 cm³/mol. The fourth-order valence-electron chi connectivity index (χ4n) is 3.80. The summed E-state index contributed by atoms with van der Waals surface area (Å²) in [6.07, 6.45) is 3.20. The Bertz CT molecular complexity index is 1520. The minimum Gasteiger partial charge on any atom is -0.462 e. The van der Waals surface area contributed by atoms with Gasteiger partial charge in [-0.3, -0.25) is 14.0 Å². The lowest BCUT2D eigenvalue weighted by Crippen LogP contribution is -2.33. The molecule has 0 bridgehead atoms. The lowest BCUT2D eigenvalue weighted by molar-refractivity contribution is -0.119. The number of esters is 1. The zero-order valence-corrected chi connectivity index (χ0v) is 18.1. The van der Waals surface area contributed by atoms with Crippen LogP contribution in [0.3, 0.4) is 0 Å². The van der Waals surface area contributed by atoms with Crippen LogP contribution in [0.4, 0.5) is 0 Å². The third-order valence-electron chi connectivity index (χ3n) is 5.61. The Hall–Kier alpha value is -4.07. The molecule has 1 aliphatic rings. The van der Waals surface area contributed by atoms with Crippen LogP contribution in [0, 0.1) is 5.92 Å². The van der Waals surface area contributed by atoms with Crippen molar-refractivity contribution in [3.05, 3.63) is 87.8 Å². The molecule has 0 saturated heterocycles. The van der Waals surface area contributed by atoms with Gasteiger partial charge in [0, 0.05) is 12.1 Å². The molecule has 3 heterocycles. The van der Waals surface area contributed by atoms with Crippen LogP contribution in [0.2, 0.25) is 0 Å². The fourth-order valence-corrected chi connectivity index (χ4v) is 3.80. The van der Waals surface area contributed by atoms with Gasteiger partial charge in [0.15, 0.2) is 5.49 Å². The summed E-state index contributed by atoms with van der Waals surface area (Å²) >= 11 is 0. The molecule has 166 valence electrons. The Kier molecular flexibility index (Phi) is 5.34. The van der Waals surface area contributed by atoms with Crippen molar-refractivity contribution in [2.75, 3.05) is 6.61 Å². The van der Waals surface area contributed by atoms with E-state index in [2.05, 4.69) is 4.99 Å². The van der Waals surface area contributed by atoms with E-state index >= 15 is 0 Å². The maximum atomic E-state index is 13.3. The Balaban J connectivity index is 1.90. The van der Waals surface area contributed by atoms with E-state index in [1.54, 1.807) is 35.9 Å². The van der Waals surface area contributed by atoms with E-state index in [1.165, 1.54) is 10.5 Å². The molecule has 0 radical (unpaired) electrons. The molecule has 8 nitrogen and oxygen atoms in total. The number of carbonyl (C=O) groups excluding carboxylic acids is 2. The maximum absolute atomic E-state index is 13.3. The van der Waals surface area contributed by atoms with Gasteiger partial charge in [-0.2, -0.15) is 4.99 Å².